The van der Waals surface area contributed by atoms with Crippen molar-refractivity contribution in [3.05, 3.63) is 67.8 Å². The summed E-state index contributed by atoms with van der Waals surface area (Å²) in [7, 11) is 0. The van der Waals surface area contributed by atoms with Gasteiger partial charge in [0.15, 0.2) is 0 Å². The Balaban J connectivity index is 2.91. The Labute approximate surface area is 152 Å². The maximum atomic E-state index is 13.7. The predicted molar refractivity (Wildman–Crippen MR) is 93.2 cm³/mol. The molecule has 0 radical (unpaired) electrons. The van der Waals surface area contributed by atoms with Crippen LogP contribution in [0.3, 0.4) is 0 Å². The number of halogens is 3. The average molecular weight is 383 g/mol. The van der Waals surface area contributed by atoms with Crippen molar-refractivity contribution >= 4 is 22.7 Å². The summed E-state index contributed by atoms with van der Waals surface area (Å²) in [6, 6.07) is 7.42. The number of benzene rings is 2. The minimum absolute atomic E-state index is 0.0621. The molecule has 0 atom stereocenters. The SMILES string of the molecule is CCCN(c1ccccc1C)c1c([N+](=O)[O-])cc([N+](=O)[O-])cc1C(F)(F)F. The van der Waals surface area contributed by atoms with Crippen molar-refractivity contribution in [2.75, 3.05) is 11.4 Å². The van der Waals surface area contributed by atoms with Crippen molar-refractivity contribution in [2.24, 2.45) is 0 Å². The van der Waals surface area contributed by atoms with Gasteiger partial charge in [-0.05, 0) is 25.0 Å². The van der Waals surface area contributed by atoms with Crippen LogP contribution in [0.5, 0.6) is 0 Å². The Morgan fingerprint density at radius 2 is 1.70 bits per heavy atom. The molecule has 0 fully saturated rings. The second-order valence-corrected chi connectivity index (χ2v) is 5.81. The zero-order valence-electron chi connectivity index (χ0n) is 14.5. The fourth-order valence-electron chi connectivity index (χ4n) is 2.79. The third kappa shape index (κ3) is 4.15. The normalized spacial score (nSPS) is 11.3. The lowest BCUT2D eigenvalue weighted by atomic mass is 10.1. The number of nitro benzene ring substituents is 2. The fraction of sp³-hybridized carbons (Fsp3) is 0.294. The quantitative estimate of drug-likeness (QED) is 0.494. The largest absolute Gasteiger partial charge is 0.418 e. The summed E-state index contributed by atoms with van der Waals surface area (Å²) in [6.45, 7) is 3.45. The molecule has 10 heteroatoms. The van der Waals surface area contributed by atoms with E-state index in [0.717, 1.165) is 0 Å². The number of para-hydroxylation sites is 1. The molecule has 0 aromatic heterocycles. The van der Waals surface area contributed by atoms with Gasteiger partial charge >= 0.3 is 6.18 Å². The molecular weight excluding hydrogens is 367 g/mol. The number of nitrogens with zero attached hydrogens (tertiary/aromatic N) is 3. The number of rotatable bonds is 6. The first kappa shape index (κ1) is 20.1. The molecule has 2 aromatic rings. The van der Waals surface area contributed by atoms with Crippen molar-refractivity contribution in [3.63, 3.8) is 0 Å². The number of aryl methyl sites for hydroxylation is 1. The van der Waals surface area contributed by atoms with Gasteiger partial charge in [0.25, 0.3) is 11.4 Å². The van der Waals surface area contributed by atoms with Crippen LogP contribution < -0.4 is 4.90 Å². The maximum Gasteiger partial charge on any atom is 0.418 e. The summed E-state index contributed by atoms with van der Waals surface area (Å²) < 4.78 is 41.0. The lowest BCUT2D eigenvalue weighted by molar-refractivity contribution is -0.394. The fourth-order valence-corrected chi connectivity index (χ4v) is 2.79. The van der Waals surface area contributed by atoms with Crippen LogP contribution in [0, 0.1) is 27.2 Å². The Morgan fingerprint density at radius 1 is 1.07 bits per heavy atom. The number of anilines is 2. The minimum atomic E-state index is -5.01. The van der Waals surface area contributed by atoms with Crippen LogP contribution in [0.15, 0.2) is 36.4 Å². The summed E-state index contributed by atoms with van der Waals surface area (Å²) in [5.74, 6) is 0. The predicted octanol–water partition coefficient (Wildman–Crippen LogP) is 5.38. The molecule has 7 nitrogen and oxygen atoms in total. The molecule has 2 aromatic carbocycles. The van der Waals surface area contributed by atoms with Crippen molar-refractivity contribution < 1.29 is 23.0 Å². The van der Waals surface area contributed by atoms with Crippen LogP contribution in [0.1, 0.15) is 24.5 Å². The number of hydrogen-bond donors (Lipinski definition) is 0. The van der Waals surface area contributed by atoms with Crippen molar-refractivity contribution in [2.45, 2.75) is 26.4 Å². The molecule has 0 saturated carbocycles. The van der Waals surface area contributed by atoms with Gasteiger partial charge < -0.3 is 4.90 Å². The van der Waals surface area contributed by atoms with Gasteiger partial charge in [-0.3, -0.25) is 20.2 Å². The van der Waals surface area contributed by atoms with E-state index >= 15 is 0 Å². The van der Waals surface area contributed by atoms with E-state index < -0.39 is 38.6 Å². The summed E-state index contributed by atoms with van der Waals surface area (Å²) in [4.78, 5) is 21.6. The van der Waals surface area contributed by atoms with Crippen LogP contribution in [0.2, 0.25) is 0 Å². The molecule has 0 aliphatic carbocycles. The minimum Gasteiger partial charge on any atom is -0.335 e. The number of non-ortho nitro benzene ring substituents is 1. The zero-order valence-corrected chi connectivity index (χ0v) is 14.5. The highest BCUT2D eigenvalue weighted by Crippen LogP contribution is 2.47. The van der Waals surface area contributed by atoms with Gasteiger partial charge in [-0.15, -0.1) is 0 Å². The van der Waals surface area contributed by atoms with Crippen LogP contribution in [-0.4, -0.2) is 16.4 Å². The maximum absolute atomic E-state index is 13.7. The van der Waals surface area contributed by atoms with Crippen molar-refractivity contribution in [1.82, 2.24) is 0 Å². The molecule has 2 rings (SSSR count). The molecule has 0 amide bonds. The molecule has 0 saturated heterocycles. The molecule has 0 bridgehead atoms. The van der Waals surface area contributed by atoms with Crippen LogP contribution in [-0.2, 0) is 6.18 Å². The molecular formula is C17H16F3N3O4. The van der Waals surface area contributed by atoms with Crippen LogP contribution >= 0.6 is 0 Å². The van der Waals surface area contributed by atoms with Gasteiger partial charge in [0.05, 0.1) is 21.5 Å². The highest BCUT2D eigenvalue weighted by molar-refractivity contribution is 5.79. The highest BCUT2D eigenvalue weighted by Gasteiger charge is 2.41. The zero-order chi connectivity index (χ0) is 20.4. The Kier molecular flexibility index (Phi) is 5.67. The van der Waals surface area contributed by atoms with E-state index in [1.165, 1.54) is 4.90 Å². The van der Waals surface area contributed by atoms with E-state index in [4.69, 9.17) is 0 Å². The lowest BCUT2D eigenvalue weighted by Gasteiger charge is -2.28. The van der Waals surface area contributed by atoms with E-state index in [0.29, 0.717) is 29.8 Å². The Bertz CT molecular complexity index is 884. The molecule has 0 heterocycles. The van der Waals surface area contributed by atoms with Crippen LogP contribution in [0.4, 0.5) is 35.9 Å². The van der Waals surface area contributed by atoms with Gasteiger partial charge in [0.1, 0.15) is 5.69 Å². The first-order chi connectivity index (χ1) is 12.6. The average Bonchev–Trinajstić information content (AvgIpc) is 2.58. The van der Waals surface area contributed by atoms with E-state index in [2.05, 4.69) is 0 Å². The number of nitro groups is 2. The topological polar surface area (TPSA) is 89.5 Å². The third-order valence-electron chi connectivity index (χ3n) is 3.91. The lowest BCUT2D eigenvalue weighted by Crippen LogP contribution is -2.24. The molecule has 0 unspecified atom stereocenters. The number of alkyl halides is 3. The first-order valence-electron chi connectivity index (χ1n) is 7.95. The Morgan fingerprint density at radius 3 is 2.19 bits per heavy atom. The van der Waals surface area contributed by atoms with Gasteiger partial charge in [0, 0.05) is 18.3 Å². The van der Waals surface area contributed by atoms with E-state index in [9.17, 15) is 33.4 Å². The van der Waals surface area contributed by atoms with E-state index in [1.807, 2.05) is 0 Å². The smallest absolute Gasteiger partial charge is 0.335 e. The van der Waals surface area contributed by atoms with E-state index in [1.54, 1.807) is 38.1 Å². The Hall–Kier alpha value is -3.17. The second-order valence-electron chi connectivity index (χ2n) is 5.81. The van der Waals surface area contributed by atoms with Crippen molar-refractivity contribution in [3.8, 4) is 0 Å². The van der Waals surface area contributed by atoms with Gasteiger partial charge in [-0.2, -0.15) is 13.2 Å². The number of hydrogen-bond acceptors (Lipinski definition) is 5. The standard InChI is InChI=1S/C17H16F3N3O4/c1-3-8-21(14-7-5-4-6-11(14)2)16-13(17(18,19)20)9-12(22(24)25)10-15(16)23(26)27/h4-7,9-10H,3,8H2,1-2H3. The molecule has 0 spiro atoms. The van der Waals surface area contributed by atoms with Gasteiger partial charge in [0.2, 0.25) is 0 Å². The summed E-state index contributed by atoms with van der Waals surface area (Å²) in [5.41, 5.74) is -3.09. The summed E-state index contributed by atoms with van der Waals surface area (Å²) in [5, 5.41) is 22.5. The monoisotopic (exact) mass is 383 g/mol. The molecule has 27 heavy (non-hydrogen) atoms. The van der Waals surface area contributed by atoms with Crippen LogP contribution in [0.25, 0.3) is 0 Å². The summed E-state index contributed by atoms with van der Waals surface area (Å²) >= 11 is 0. The van der Waals surface area contributed by atoms with Gasteiger partial charge in [-0.25, -0.2) is 0 Å². The van der Waals surface area contributed by atoms with E-state index in [-0.39, 0.29) is 6.54 Å². The molecule has 0 N–H and O–H groups in total. The first-order valence-corrected chi connectivity index (χ1v) is 7.95. The molecule has 0 aliphatic heterocycles. The third-order valence-corrected chi connectivity index (χ3v) is 3.91. The van der Waals surface area contributed by atoms with Crippen molar-refractivity contribution in [1.29, 1.82) is 0 Å². The highest BCUT2D eigenvalue weighted by atomic mass is 19.4. The molecule has 144 valence electrons. The molecule has 0 aliphatic rings. The van der Waals surface area contributed by atoms with Gasteiger partial charge in [-0.1, -0.05) is 25.1 Å². The second kappa shape index (κ2) is 7.60. The summed E-state index contributed by atoms with van der Waals surface area (Å²) in [6.07, 6.45) is -4.61.